The number of rotatable bonds is 2. The van der Waals surface area contributed by atoms with Gasteiger partial charge in [-0.05, 0) is 12.1 Å². The number of nitrogen functional groups attached to an aromatic ring is 1. The molecule has 6 nitrogen and oxygen atoms in total. The number of anilines is 1. The molecule has 0 radical (unpaired) electrons. The standard InChI is InChI=1S/C11H6Cl2N4O2/c12-6-2-1-3-7(8(6)13)17-10(15)5(4-14)9(16-17)11(18)19/h1-3H,15H2,(H,18,19). The van der Waals surface area contributed by atoms with Crippen molar-refractivity contribution in [3.63, 3.8) is 0 Å². The Morgan fingerprint density at radius 2 is 2.16 bits per heavy atom. The van der Waals surface area contributed by atoms with E-state index in [1.54, 1.807) is 24.3 Å². The lowest BCUT2D eigenvalue weighted by Crippen LogP contribution is -2.04. The maximum atomic E-state index is 11.0. The molecule has 0 fully saturated rings. The predicted octanol–water partition coefficient (Wildman–Crippen LogP) is 2.33. The van der Waals surface area contributed by atoms with E-state index in [2.05, 4.69) is 5.10 Å². The molecule has 0 bridgehead atoms. The molecule has 1 heterocycles. The third-order valence-corrected chi connectivity index (χ3v) is 3.20. The van der Waals surface area contributed by atoms with Gasteiger partial charge in [-0.3, -0.25) is 0 Å². The average molecular weight is 297 g/mol. The summed E-state index contributed by atoms with van der Waals surface area (Å²) in [6.45, 7) is 0. The minimum atomic E-state index is -1.35. The second kappa shape index (κ2) is 4.80. The second-order valence-corrected chi connectivity index (χ2v) is 4.30. The van der Waals surface area contributed by atoms with Gasteiger partial charge < -0.3 is 10.8 Å². The normalized spacial score (nSPS) is 10.2. The number of aromatic nitrogens is 2. The summed E-state index contributed by atoms with van der Waals surface area (Å²) in [4.78, 5) is 11.0. The Labute approximate surface area is 117 Å². The van der Waals surface area contributed by atoms with Gasteiger partial charge in [-0.15, -0.1) is 0 Å². The van der Waals surface area contributed by atoms with Crippen molar-refractivity contribution in [3.05, 3.63) is 39.5 Å². The van der Waals surface area contributed by atoms with E-state index in [4.69, 9.17) is 39.3 Å². The molecule has 3 N–H and O–H groups in total. The topological polar surface area (TPSA) is 105 Å². The maximum Gasteiger partial charge on any atom is 0.357 e. The number of nitrogens with zero attached hydrogens (tertiary/aromatic N) is 3. The highest BCUT2D eigenvalue weighted by molar-refractivity contribution is 6.43. The number of carboxylic acids is 1. The van der Waals surface area contributed by atoms with Gasteiger partial charge in [0.05, 0.1) is 15.7 Å². The highest BCUT2D eigenvalue weighted by Crippen LogP contribution is 2.30. The van der Waals surface area contributed by atoms with Crippen molar-refractivity contribution >= 4 is 35.0 Å². The minimum Gasteiger partial charge on any atom is -0.476 e. The van der Waals surface area contributed by atoms with Gasteiger partial charge in [-0.2, -0.15) is 10.4 Å². The number of carbonyl (C=O) groups is 1. The first-order valence-corrected chi connectivity index (χ1v) is 5.69. The first-order valence-electron chi connectivity index (χ1n) is 4.93. The van der Waals surface area contributed by atoms with Crippen molar-refractivity contribution in [3.8, 4) is 11.8 Å². The predicted molar refractivity (Wildman–Crippen MR) is 69.7 cm³/mol. The van der Waals surface area contributed by atoms with Gasteiger partial charge in [0.1, 0.15) is 17.5 Å². The summed E-state index contributed by atoms with van der Waals surface area (Å²) in [5.74, 6) is -1.45. The number of hydrogen-bond donors (Lipinski definition) is 2. The lowest BCUT2D eigenvalue weighted by molar-refractivity contribution is 0.0689. The first kappa shape index (κ1) is 13.2. The van der Waals surface area contributed by atoms with E-state index in [1.165, 1.54) is 0 Å². The maximum absolute atomic E-state index is 11.0. The van der Waals surface area contributed by atoms with Gasteiger partial charge in [-0.25, -0.2) is 9.48 Å². The quantitative estimate of drug-likeness (QED) is 0.885. The smallest absolute Gasteiger partial charge is 0.357 e. The molecule has 96 valence electrons. The summed E-state index contributed by atoms with van der Waals surface area (Å²) in [6.07, 6.45) is 0. The number of halogens is 2. The van der Waals surface area contributed by atoms with E-state index >= 15 is 0 Å². The van der Waals surface area contributed by atoms with Gasteiger partial charge in [0, 0.05) is 0 Å². The van der Waals surface area contributed by atoms with E-state index in [9.17, 15) is 4.79 Å². The van der Waals surface area contributed by atoms with Crippen LogP contribution in [0.15, 0.2) is 18.2 Å². The van der Waals surface area contributed by atoms with Gasteiger partial charge in [0.25, 0.3) is 0 Å². The van der Waals surface area contributed by atoms with Gasteiger partial charge in [0.2, 0.25) is 0 Å². The van der Waals surface area contributed by atoms with Crippen LogP contribution < -0.4 is 5.73 Å². The number of nitriles is 1. The molecule has 0 spiro atoms. The summed E-state index contributed by atoms with van der Waals surface area (Å²) < 4.78 is 1.08. The van der Waals surface area contributed by atoms with Gasteiger partial charge in [0.15, 0.2) is 5.69 Å². The fraction of sp³-hybridized carbons (Fsp3) is 0. The molecule has 0 aliphatic rings. The van der Waals surface area contributed by atoms with E-state index in [0.29, 0.717) is 5.69 Å². The largest absolute Gasteiger partial charge is 0.476 e. The Balaban J connectivity index is 2.74. The highest BCUT2D eigenvalue weighted by Gasteiger charge is 2.22. The van der Waals surface area contributed by atoms with E-state index < -0.39 is 11.7 Å². The van der Waals surface area contributed by atoms with Crippen LogP contribution in [0.1, 0.15) is 16.1 Å². The molecule has 2 aromatic rings. The molecule has 0 atom stereocenters. The summed E-state index contributed by atoms with van der Waals surface area (Å²) in [7, 11) is 0. The Kier molecular flexibility index (Phi) is 3.34. The Bertz CT molecular complexity index is 718. The fourth-order valence-electron chi connectivity index (χ4n) is 1.53. The molecule has 1 aromatic heterocycles. The van der Waals surface area contributed by atoms with Crippen molar-refractivity contribution in [2.24, 2.45) is 0 Å². The fourth-order valence-corrected chi connectivity index (χ4v) is 1.91. The average Bonchev–Trinajstić information content (AvgIpc) is 2.70. The third kappa shape index (κ3) is 2.10. The van der Waals surface area contributed by atoms with Gasteiger partial charge in [-0.1, -0.05) is 29.3 Å². The zero-order valence-electron chi connectivity index (χ0n) is 9.26. The zero-order chi connectivity index (χ0) is 14.2. The van der Waals surface area contributed by atoms with E-state index in [1.807, 2.05) is 0 Å². The van der Waals surface area contributed by atoms with Crippen LogP contribution in [0.25, 0.3) is 5.69 Å². The molecule has 0 aliphatic carbocycles. The molecule has 0 saturated heterocycles. The summed E-state index contributed by atoms with van der Waals surface area (Å²) in [5, 5.41) is 22.1. The van der Waals surface area contributed by atoms with Crippen molar-refractivity contribution in [1.82, 2.24) is 9.78 Å². The van der Waals surface area contributed by atoms with Gasteiger partial charge >= 0.3 is 5.97 Å². The summed E-state index contributed by atoms with van der Waals surface area (Å²) >= 11 is 11.9. The molecule has 1 aromatic carbocycles. The second-order valence-electron chi connectivity index (χ2n) is 3.51. The van der Waals surface area contributed by atoms with E-state index in [0.717, 1.165) is 4.68 Å². The van der Waals surface area contributed by atoms with Crippen molar-refractivity contribution < 1.29 is 9.90 Å². The first-order chi connectivity index (χ1) is 8.97. The van der Waals surface area contributed by atoms with Crippen LogP contribution in [0.5, 0.6) is 0 Å². The molecule has 0 unspecified atom stereocenters. The monoisotopic (exact) mass is 296 g/mol. The SMILES string of the molecule is N#Cc1c(C(=O)O)nn(-c2cccc(Cl)c2Cl)c1N. The Hall–Kier alpha value is -2.23. The van der Waals surface area contributed by atoms with Crippen LogP contribution in [0.2, 0.25) is 10.0 Å². The number of aromatic carboxylic acids is 1. The van der Waals surface area contributed by atoms with E-state index in [-0.39, 0.29) is 21.4 Å². The lowest BCUT2D eigenvalue weighted by Gasteiger charge is -2.07. The number of benzene rings is 1. The molecule has 19 heavy (non-hydrogen) atoms. The van der Waals surface area contributed by atoms with Crippen LogP contribution in [-0.2, 0) is 0 Å². The molecule has 0 amide bonds. The number of carboxylic acid groups (broad SMARTS) is 1. The van der Waals surface area contributed by atoms with Crippen LogP contribution in [0.4, 0.5) is 5.82 Å². The van der Waals surface area contributed by atoms with Crippen molar-refractivity contribution in [1.29, 1.82) is 5.26 Å². The molecule has 2 rings (SSSR count). The minimum absolute atomic E-state index is 0.107. The zero-order valence-corrected chi connectivity index (χ0v) is 10.8. The number of nitrogens with two attached hydrogens (primary N) is 1. The molecular formula is C11H6Cl2N4O2. The number of hydrogen-bond acceptors (Lipinski definition) is 4. The lowest BCUT2D eigenvalue weighted by atomic mass is 10.2. The third-order valence-electron chi connectivity index (χ3n) is 2.39. The Morgan fingerprint density at radius 3 is 2.68 bits per heavy atom. The van der Waals surface area contributed by atoms with Crippen molar-refractivity contribution in [2.75, 3.05) is 5.73 Å². The van der Waals surface area contributed by atoms with Crippen LogP contribution in [-0.4, -0.2) is 20.9 Å². The van der Waals surface area contributed by atoms with Crippen LogP contribution >= 0.6 is 23.2 Å². The molecular weight excluding hydrogens is 291 g/mol. The van der Waals surface area contributed by atoms with Crippen molar-refractivity contribution in [2.45, 2.75) is 0 Å². The molecule has 0 aliphatic heterocycles. The highest BCUT2D eigenvalue weighted by atomic mass is 35.5. The van der Waals surface area contributed by atoms with Crippen LogP contribution in [0.3, 0.4) is 0 Å². The molecule has 8 heteroatoms. The Morgan fingerprint density at radius 1 is 1.47 bits per heavy atom. The summed E-state index contributed by atoms with van der Waals surface area (Å²) in [5.41, 5.74) is 5.36. The summed E-state index contributed by atoms with van der Waals surface area (Å²) in [6, 6.07) is 6.44. The van der Waals surface area contributed by atoms with Crippen LogP contribution in [0, 0.1) is 11.3 Å². The molecule has 0 saturated carbocycles.